The highest BCUT2D eigenvalue weighted by Crippen LogP contribution is 2.15. The molecule has 0 bridgehead atoms. The van der Waals surface area contributed by atoms with Crippen LogP contribution in [-0.2, 0) is 9.53 Å². The summed E-state index contributed by atoms with van der Waals surface area (Å²) in [6.45, 7) is 5.12. The minimum Gasteiger partial charge on any atom is -0.477 e. The van der Waals surface area contributed by atoms with Gasteiger partial charge >= 0.3 is 11.9 Å². The zero-order chi connectivity index (χ0) is 12.3. The molecule has 16 heavy (non-hydrogen) atoms. The predicted molar refractivity (Wildman–Crippen MR) is 55.3 cm³/mol. The second-order valence-electron chi connectivity index (χ2n) is 3.32. The molecule has 0 aliphatic heterocycles. The lowest BCUT2D eigenvalue weighted by Crippen LogP contribution is -2.22. The van der Waals surface area contributed by atoms with Crippen LogP contribution in [0.1, 0.15) is 36.1 Å². The number of carboxylic acids is 1. The van der Waals surface area contributed by atoms with Crippen molar-refractivity contribution < 1.29 is 19.4 Å². The quantitative estimate of drug-likeness (QED) is 0.775. The van der Waals surface area contributed by atoms with Gasteiger partial charge in [-0.1, -0.05) is 0 Å². The Morgan fingerprint density at radius 1 is 1.62 bits per heavy atom. The van der Waals surface area contributed by atoms with Gasteiger partial charge in [-0.15, -0.1) is 0 Å². The molecule has 1 rings (SSSR count). The maximum Gasteiger partial charge on any atom is 0.354 e. The first-order chi connectivity index (χ1) is 7.49. The summed E-state index contributed by atoms with van der Waals surface area (Å²) in [5.74, 6) is -1.58. The van der Waals surface area contributed by atoms with Crippen molar-refractivity contribution in [3.8, 4) is 0 Å². The summed E-state index contributed by atoms with van der Waals surface area (Å²) >= 11 is 0. The summed E-state index contributed by atoms with van der Waals surface area (Å²) in [5.41, 5.74) is 0.393. The Bertz CT molecular complexity index is 411. The van der Waals surface area contributed by atoms with Gasteiger partial charge in [0.05, 0.1) is 18.6 Å². The lowest BCUT2D eigenvalue weighted by Gasteiger charge is -2.13. The van der Waals surface area contributed by atoms with E-state index in [1.54, 1.807) is 20.8 Å². The van der Waals surface area contributed by atoms with Gasteiger partial charge in [0, 0.05) is 0 Å². The van der Waals surface area contributed by atoms with E-state index < -0.39 is 18.0 Å². The lowest BCUT2D eigenvalue weighted by molar-refractivity contribution is -0.146. The third kappa shape index (κ3) is 2.21. The summed E-state index contributed by atoms with van der Waals surface area (Å²) in [6.07, 6.45) is 1.33. The van der Waals surface area contributed by atoms with E-state index in [1.807, 2.05) is 0 Å². The van der Waals surface area contributed by atoms with Gasteiger partial charge in [-0.05, 0) is 20.8 Å². The fourth-order valence-corrected chi connectivity index (χ4v) is 1.39. The van der Waals surface area contributed by atoms with Gasteiger partial charge < -0.3 is 14.4 Å². The number of aromatic nitrogens is 2. The number of nitrogens with zero attached hydrogens (tertiary/aromatic N) is 2. The third-order valence-corrected chi connectivity index (χ3v) is 2.22. The normalized spacial score (nSPS) is 12.2. The Morgan fingerprint density at radius 3 is 2.75 bits per heavy atom. The third-order valence-electron chi connectivity index (χ3n) is 2.22. The molecule has 1 heterocycles. The molecule has 0 aromatic carbocycles. The van der Waals surface area contributed by atoms with Gasteiger partial charge in [0.2, 0.25) is 0 Å². The van der Waals surface area contributed by atoms with Crippen molar-refractivity contribution in [2.24, 2.45) is 0 Å². The van der Waals surface area contributed by atoms with Crippen LogP contribution in [0.25, 0.3) is 0 Å². The van der Waals surface area contributed by atoms with Crippen LogP contribution in [0.15, 0.2) is 6.33 Å². The lowest BCUT2D eigenvalue weighted by atomic mass is 10.3. The van der Waals surface area contributed by atoms with Gasteiger partial charge in [-0.2, -0.15) is 0 Å². The Kier molecular flexibility index (Phi) is 3.65. The van der Waals surface area contributed by atoms with Gasteiger partial charge in [0.1, 0.15) is 6.04 Å². The summed E-state index contributed by atoms with van der Waals surface area (Å²) in [4.78, 5) is 26.3. The summed E-state index contributed by atoms with van der Waals surface area (Å²) in [6, 6.07) is -0.688. The molecule has 1 unspecified atom stereocenters. The topological polar surface area (TPSA) is 81.4 Å². The molecule has 0 aliphatic carbocycles. The number of carboxylic acid groups (broad SMARTS) is 1. The molecular formula is C10H14N2O4. The zero-order valence-electron chi connectivity index (χ0n) is 9.43. The average molecular weight is 226 g/mol. The zero-order valence-corrected chi connectivity index (χ0v) is 9.43. The number of aromatic carboxylic acids is 1. The molecule has 1 aromatic rings. The largest absolute Gasteiger partial charge is 0.477 e. The van der Waals surface area contributed by atoms with E-state index in [2.05, 4.69) is 4.98 Å². The molecule has 0 radical (unpaired) electrons. The predicted octanol–water partition coefficient (Wildman–Crippen LogP) is 1.01. The molecule has 6 heteroatoms. The van der Waals surface area contributed by atoms with Gasteiger partial charge in [0.15, 0.2) is 5.69 Å². The van der Waals surface area contributed by atoms with Crippen LogP contribution in [0.2, 0.25) is 0 Å². The van der Waals surface area contributed by atoms with Crippen LogP contribution in [0.4, 0.5) is 0 Å². The highest BCUT2D eigenvalue weighted by atomic mass is 16.5. The molecule has 1 N–H and O–H groups in total. The highest BCUT2D eigenvalue weighted by Gasteiger charge is 2.23. The maximum atomic E-state index is 11.5. The smallest absolute Gasteiger partial charge is 0.354 e. The van der Waals surface area contributed by atoms with Crippen LogP contribution < -0.4 is 0 Å². The molecule has 0 saturated heterocycles. The van der Waals surface area contributed by atoms with Crippen molar-refractivity contribution in [2.75, 3.05) is 6.61 Å². The number of carbonyl (C=O) groups excluding carboxylic acids is 1. The van der Waals surface area contributed by atoms with Crippen LogP contribution in [-0.4, -0.2) is 33.2 Å². The molecule has 6 nitrogen and oxygen atoms in total. The van der Waals surface area contributed by atoms with Crippen molar-refractivity contribution in [1.82, 2.24) is 9.55 Å². The number of hydrogen-bond donors (Lipinski definition) is 1. The number of hydrogen-bond acceptors (Lipinski definition) is 4. The first kappa shape index (κ1) is 12.2. The number of carbonyl (C=O) groups is 2. The van der Waals surface area contributed by atoms with E-state index in [0.29, 0.717) is 5.69 Å². The van der Waals surface area contributed by atoms with Crippen molar-refractivity contribution in [1.29, 1.82) is 0 Å². The van der Waals surface area contributed by atoms with Crippen LogP contribution in [0.5, 0.6) is 0 Å². The Labute approximate surface area is 92.9 Å². The van der Waals surface area contributed by atoms with Crippen molar-refractivity contribution in [3.63, 3.8) is 0 Å². The molecule has 1 aromatic heterocycles. The first-order valence-electron chi connectivity index (χ1n) is 4.92. The number of aryl methyl sites for hydroxylation is 1. The molecule has 1 atom stereocenters. The standard InChI is InChI=1S/C10H14N2O4/c1-4-16-10(15)7(3)12-5-11-6(2)8(12)9(13)14/h5,7H,4H2,1-3H3,(H,13,14). The minimum absolute atomic E-state index is 0.0144. The van der Waals surface area contributed by atoms with E-state index >= 15 is 0 Å². The van der Waals surface area contributed by atoms with E-state index in [9.17, 15) is 9.59 Å². The second kappa shape index (κ2) is 4.78. The number of rotatable bonds is 4. The summed E-state index contributed by atoms with van der Waals surface area (Å²) in [7, 11) is 0. The van der Waals surface area contributed by atoms with Crippen molar-refractivity contribution in [2.45, 2.75) is 26.8 Å². The Hall–Kier alpha value is -1.85. The number of imidazole rings is 1. The first-order valence-corrected chi connectivity index (χ1v) is 4.92. The summed E-state index contributed by atoms with van der Waals surface area (Å²) in [5, 5.41) is 8.98. The SMILES string of the molecule is CCOC(=O)C(C)n1cnc(C)c1C(=O)O. The molecule has 0 aliphatic rings. The Morgan fingerprint density at radius 2 is 2.25 bits per heavy atom. The van der Waals surface area contributed by atoms with E-state index in [1.165, 1.54) is 10.9 Å². The van der Waals surface area contributed by atoms with E-state index in [0.717, 1.165) is 0 Å². The minimum atomic E-state index is -1.11. The highest BCUT2D eigenvalue weighted by molar-refractivity contribution is 5.88. The van der Waals surface area contributed by atoms with Crippen LogP contribution >= 0.6 is 0 Å². The fraction of sp³-hybridized carbons (Fsp3) is 0.500. The molecule has 0 spiro atoms. The van der Waals surface area contributed by atoms with Crippen molar-refractivity contribution in [3.05, 3.63) is 17.7 Å². The molecule has 88 valence electrons. The second-order valence-corrected chi connectivity index (χ2v) is 3.32. The number of esters is 1. The fourth-order valence-electron chi connectivity index (χ4n) is 1.39. The van der Waals surface area contributed by atoms with Gasteiger partial charge in [-0.3, -0.25) is 0 Å². The van der Waals surface area contributed by atoms with Crippen LogP contribution in [0, 0.1) is 6.92 Å². The van der Waals surface area contributed by atoms with E-state index in [-0.39, 0.29) is 12.3 Å². The van der Waals surface area contributed by atoms with Gasteiger partial charge in [0.25, 0.3) is 0 Å². The molecule has 0 fully saturated rings. The van der Waals surface area contributed by atoms with Crippen molar-refractivity contribution >= 4 is 11.9 Å². The molecule has 0 saturated carbocycles. The monoisotopic (exact) mass is 226 g/mol. The van der Waals surface area contributed by atoms with Crippen LogP contribution in [0.3, 0.4) is 0 Å². The maximum absolute atomic E-state index is 11.5. The summed E-state index contributed by atoms with van der Waals surface area (Å²) < 4.78 is 6.12. The van der Waals surface area contributed by atoms with E-state index in [4.69, 9.17) is 9.84 Å². The Balaban J connectivity index is 3.04. The molecule has 0 amide bonds. The number of ether oxygens (including phenoxy) is 1. The molecular weight excluding hydrogens is 212 g/mol. The van der Waals surface area contributed by atoms with Gasteiger partial charge in [-0.25, -0.2) is 14.6 Å². The average Bonchev–Trinajstić information content (AvgIpc) is 2.59.